The van der Waals surface area contributed by atoms with E-state index in [9.17, 15) is 0 Å². The van der Waals surface area contributed by atoms with Crippen LogP contribution < -0.4 is 5.32 Å². The minimum atomic E-state index is 0.256. The fraction of sp³-hybridized carbons (Fsp3) is 0.375. The highest BCUT2D eigenvalue weighted by molar-refractivity contribution is 6.30. The van der Waals surface area contributed by atoms with Crippen molar-refractivity contribution in [2.45, 2.75) is 13.0 Å². The number of halogens is 1. The summed E-state index contributed by atoms with van der Waals surface area (Å²) in [7, 11) is 0. The first-order chi connectivity index (χ1) is 10.2. The zero-order valence-electron chi connectivity index (χ0n) is 12.1. The van der Waals surface area contributed by atoms with Crippen molar-refractivity contribution in [2.75, 3.05) is 26.2 Å². The molecule has 4 nitrogen and oxygen atoms in total. The molecule has 0 spiro atoms. The number of rotatable bonds is 3. The molecule has 1 unspecified atom stereocenters. The Bertz CT molecular complexity index is 576. The van der Waals surface area contributed by atoms with E-state index in [2.05, 4.69) is 27.1 Å². The molecule has 2 heterocycles. The van der Waals surface area contributed by atoms with Crippen LogP contribution in [-0.2, 0) is 0 Å². The minimum absolute atomic E-state index is 0.256. The topological polar surface area (TPSA) is 41.1 Å². The van der Waals surface area contributed by atoms with E-state index < -0.39 is 0 Å². The van der Waals surface area contributed by atoms with Crippen molar-refractivity contribution in [3.63, 3.8) is 0 Å². The highest BCUT2D eigenvalue weighted by Gasteiger charge is 2.19. The standard InChI is InChI=1S/C16H19ClN4/c1-12(21-8-6-18-7-9-21)16-19-10-14(11-20-16)13-2-4-15(17)5-3-13/h2-5,10-12,18H,6-9H2,1H3. The summed E-state index contributed by atoms with van der Waals surface area (Å²) in [5.74, 6) is 0.884. The smallest absolute Gasteiger partial charge is 0.145 e. The molecule has 0 bridgehead atoms. The molecule has 3 rings (SSSR count). The molecule has 0 saturated carbocycles. The van der Waals surface area contributed by atoms with Gasteiger partial charge < -0.3 is 5.32 Å². The molecule has 0 radical (unpaired) electrons. The summed E-state index contributed by atoms with van der Waals surface area (Å²) in [6.45, 7) is 6.33. The van der Waals surface area contributed by atoms with Crippen LogP contribution in [0.15, 0.2) is 36.7 Å². The van der Waals surface area contributed by atoms with Gasteiger partial charge in [-0.25, -0.2) is 9.97 Å². The third-order valence-electron chi connectivity index (χ3n) is 3.92. The van der Waals surface area contributed by atoms with Crippen molar-refractivity contribution in [1.29, 1.82) is 0 Å². The van der Waals surface area contributed by atoms with E-state index in [1.165, 1.54) is 0 Å². The van der Waals surface area contributed by atoms with E-state index in [4.69, 9.17) is 11.6 Å². The Morgan fingerprint density at radius 3 is 2.29 bits per heavy atom. The summed E-state index contributed by atoms with van der Waals surface area (Å²) in [5, 5.41) is 4.10. The van der Waals surface area contributed by atoms with Gasteiger partial charge in [0.2, 0.25) is 0 Å². The van der Waals surface area contributed by atoms with Crippen LogP contribution in [0, 0.1) is 0 Å². The molecule has 21 heavy (non-hydrogen) atoms. The predicted octanol–water partition coefficient (Wildman–Crippen LogP) is 2.76. The highest BCUT2D eigenvalue weighted by Crippen LogP contribution is 2.22. The SMILES string of the molecule is CC(c1ncc(-c2ccc(Cl)cc2)cn1)N1CCNCC1. The van der Waals surface area contributed by atoms with Gasteiger partial charge in [-0.2, -0.15) is 0 Å². The molecule has 1 aliphatic heterocycles. The molecule has 1 saturated heterocycles. The summed E-state index contributed by atoms with van der Waals surface area (Å²) < 4.78 is 0. The maximum absolute atomic E-state index is 5.91. The summed E-state index contributed by atoms with van der Waals surface area (Å²) >= 11 is 5.91. The summed E-state index contributed by atoms with van der Waals surface area (Å²) in [6, 6.07) is 8.00. The lowest BCUT2D eigenvalue weighted by atomic mass is 10.1. The van der Waals surface area contributed by atoms with Crippen LogP contribution in [0.5, 0.6) is 0 Å². The fourth-order valence-corrected chi connectivity index (χ4v) is 2.70. The Balaban J connectivity index is 1.75. The van der Waals surface area contributed by atoms with Crippen LogP contribution in [0.2, 0.25) is 5.02 Å². The van der Waals surface area contributed by atoms with Crippen molar-refractivity contribution in [2.24, 2.45) is 0 Å². The van der Waals surface area contributed by atoms with Gasteiger partial charge in [0.05, 0.1) is 6.04 Å². The molecule has 110 valence electrons. The summed E-state index contributed by atoms with van der Waals surface area (Å²) in [4.78, 5) is 11.5. The maximum atomic E-state index is 5.91. The number of nitrogens with one attached hydrogen (secondary N) is 1. The zero-order valence-corrected chi connectivity index (χ0v) is 12.8. The number of piperazine rings is 1. The molecule has 1 atom stereocenters. The predicted molar refractivity (Wildman–Crippen MR) is 85.3 cm³/mol. The Hall–Kier alpha value is -1.49. The van der Waals surface area contributed by atoms with E-state index in [0.29, 0.717) is 0 Å². The molecular weight excluding hydrogens is 284 g/mol. The Labute approximate surface area is 130 Å². The maximum Gasteiger partial charge on any atom is 0.145 e. The molecule has 1 aromatic heterocycles. The van der Waals surface area contributed by atoms with Crippen LogP contribution >= 0.6 is 11.6 Å². The van der Waals surface area contributed by atoms with Gasteiger partial charge in [-0.3, -0.25) is 4.90 Å². The Morgan fingerprint density at radius 1 is 1.05 bits per heavy atom. The molecule has 1 N–H and O–H groups in total. The van der Waals surface area contributed by atoms with Gasteiger partial charge in [-0.1, -0.05) is 23.7 Å². The molecule has 0 aliphatic carbocycles. The van der Waals surface area contributed by atoms with E-state index in [0.717, 1.165) is 48.2 Å². The molecule has 1 aliphatic rings. The largest absolute Gasteiger partial charge is 0.314 e. The quantitative estimate of drug-likeness (QED) is 0.946. The molecule has 1 fully saturated rings. The second kappa shape index (κ2) is 6.52. The van der Waals surface area contributed by atoms with Gasteiger partial charge >= 0.3 is 0 Å². The lowest BCUT2D eigenvalue weighted by Crippen LogP contribution is -2.44. The number of hydrogen-bond acceptors (Lipinski definition) is 4. The molecule has 5 heteroatoms. The van der Waals surface area contributed by atoms with Crippen molar-refractivity contribution >= 4 is 11.6 Å². The first kappa shape index (κ1) is 14.4. The number of nitrogens with zero attached hydrogens (tertiary/aromatic N) is 3. The van der Waals surface area contributed by atoms with Crippen LogP contribution in [0.3, 0.4) is 0 Å². The van der Waals surface area contributed by atoms with E-state index in [-0.39, 0.29) is 6.04 Å². The lowest BCUT2D eigenvalue weighted by molar-refractivity contribution is 0.179. The van der Waals surface area contributed by atoms with Gasteiger partial charge in [0.15, 0.2) is 0 Å². The van der Waals surface area contributed by atoms with Gasteiger partial charge in [-0.05, 0) is 24.6 Å². The number of aromatic nitrogens is 2. The van der Waals surface area contributed by atoms with Gasteiger partial charge in [0.1, 0.15) is 5.82 Å². The highest BCUT2D eigenvalue weighted by atomic mass is 35.5. The third-order valence-corrected chi connectivity index (χ3v) is 4.17. The number of benzene rings is 1. The molecular formula is C16H19ClN4. The van der Waals surface area contributed by atoms with Crippen LogP contribution in [0.4, 0.5) is 0 Å². The fourth-order valence-electron chi connectivity index (χ4n) is 2.58. The lowest BCUT2D eigenvalue weighted by Gasteiger charge is -2.31. The molecule has 0 amide bonds. The average Bonchev–Trinajstić information content (AvgIpc) is 2.56. The van der Waals surface area contributed by atoms with Crippen LogP contribution in [-0.4, -0.2) is 41.0 Å². The van der Waals surface area contributed by atoms with Gasteiger partial charge in [0.25, 0.3) is 0 Å². The minimum Gasteiger partial charge on any atom is -0.314 e. The van der Waals surface area contributed by atoms with Gasteiger partial charge in [-0.15, -0.1) is 0 Å². The van der Waals surface area contributed by atoms with Crippen LogP contribution in [0.25, 0.3) is 11.1 Å². The molecule has 1 aromatic carbocycles. The van der Waals surface area contributed by atoms with Crippen molar-refractivity contribution < 1.29 is 0 Å². The zero-order chi connectivity index (χ0) is 14.7. The monoisotopic (exact) mass is 302 g/mol. The van der Waals surface area contributed by atoms with Crippen molar-refractivity contribution in [3.8, 4) is 11.1 Å². The first-order valence-corrected chi connectivity index (χ1v) is 7.64. The Kier molecular flexibility index (Phi) is 4.48. The second-order valence-corrected chi connectivity index (χ2v) is 5.74. The van der Waals surface area contributed by atoms with Gasteiger partial charge in [0, 0.05) is 49.2 Å². The summed E-state index contributed by atoms with van der Waals surface area (Å²) in [6.07, 6.45) is 3.79. The Morgan fingerprint density at radius 2 is 1.67 bits per heavy atom. The summed E-state index contributed by atoms with van der Waals surface area (Å²) in [5.41, 5.74) is 2.10. The van der Waals surface area contributed by atoms with E-state index in [1.807, 2.05) is 36.7 Å². The molecule has 2 aromatic rings. The second-order valence-electron chi connectivity index (χ2n) is 5.30. The third kappa shape index (κ3) is 3.40. The van der Waals surface area contributed by atoms with E-state index >= 15 is 0 Å². The van der Waals surface area contributed by atoms with E-state index in [1.54, 1.807) is 0 Å². The first-order valence-electron chi connectivity index (χ1n) is 7.27. The normalized spacial score (nSPS) is 17.6. The average molecular weight is 303 g/mol. The van der Waals surface area contributed by atoms with Crippen LogP contribution in [0.1, 0.15) is 18.8 Å². The van der Waals surface area contributed by atoms with Crippen molar-refractivity contribution in [3.05, 3.63) is 47.5 Å². The van der Waals surface area contributed by atoms with Crippen molar-refractivity contribution in [1.82, 2.24) is 20.2 Å². The number of hydrogen-bond donors (Lipinski definition) is 1.